The summed E-state index contributed by atoms with van der Waals surface area (Å²) in [6.45, 7) is 0. The van der Waals surface area contributed by atoms with Crippen molar-refractivity contribution in [1.29, 1.82) is 0 Å². The van der Waals surface area contributed by atoms with E-state index in [1.165, 1.54) is 76.7 Å². The summed E-state index contributed by atoms with van der Waals surface area (Å²) in [5, 5.41) is 7.46. The number of rotatable bonds is 7. The molecule has 10 aromatic carbocycles. The third-order valence-corrected chi connectivity index (χ3v) is 11.6. The quantitative estimate of drug-likeness (QED) is 0.158. The molecule has 0 fully saturated rings. The Kier molecular flexibility index (Phi) is 8.19. The predicted molar refractivity (Wildman–Crippen MR) is 247 cm³/mol. The molecule has 0 atom stereocenters. The van der Waals surface area contributed by atoms with Crippen molar-refractivity contribution in [2.75, 3.05) is 4.90 Å². The van der Waals surface area contributed by atoms with E-state index in [9.17, 15) is 0 Å². The highest BCUT2D eigenvalue weighted by Gasteiger charge is 2.18. The van der Waals surface area contributed by atoms with Gasteiger partial charge in [0.1, 0.15) is 0 Å². The molecule has 0 aliphatic rings. The van der Waals surface area contributed by atoms with Gasteiger partial charge in [0.05, 0.1) is 16.7 Å². The number of nitrogens with zero attached hydrogens (tertiary/aromatic N) is 2. The van der Waals surface area contributed by atoms with E-state index in [1.807, 2.05) is 0 Å². The number of fused-ring (bicyclic) bond motifs is 5. The first-order chi connectivity index (χ1) is 28.8. The van der Waals surface area contributed by atoms with Gasteiger partial charge in [0.2, 0.25) is 0 Å². The smallest absolute Gasteiger partial charge is 0.0541 e. The van der Waals surface area contributed by atoms with Crippen LogP contribution in [0.2, 0.25) is 0 Å². The van der Waals surface area contributed by atoms with Crippen LogP contribution in [0.15, 0.2) is 231 Å². The predicted octanol–water partition coefficient (Wildman–Crippen LogP) is 15.6. The highest BCUT2D eigenvalue weighted by molar-refractivity contribution is 6.09. The second-order valence-corrected chi connectivity index (χ2v) is 15.0. The van der Waals surface area contributed by atoms with Crippen molar-refractivity contribution in [1.82, 2.24) is 4.57 Å². The molecule has 0 bridgehead atoms. The van der Waals surface area contributed by atoms with E-state index < -0.39 is 0 Å². The normalized spacial score (nSPS) is 11.4. The van der Waals surface area contributed by atoms with E-state index in [2.05, 4.69) is 240 Å². The molecular formula is C56H38N2. The van der Waals surface area contributed by atoms with Crippen LogP contribution in [0, 0.1) is 0 Å². The summed E-state index contributed by atoms with van der Waals surface area (Å²) in [7, 11) is 0. The minimum atomic E-state index is 1.10. The van der Waals surface area contributed by atoms with Gasteiger partial charge in [0, 0.05) is 33.2 Å². The Balaban J connectivity index is 0.995. The molecule has 11 aromatic rings. The van der Waals surface area contributed by atoms with Crippen molar-refractivity contribution in [2.24, 2.45) is 0 Å². The fraction of sp³-hybridized carbons (Fsp3) is 0. The van der Waals surface area contributed by atoms with Crippen LogP contribution in [0.25, 0.3) is 82.4 Å². The maximum atomic E-state index is 2.40. The Morgan fingerprint density at radius 3 is 1.38 bits per heavy atom. The first-order valence-corrected chi connectivity index (χ1v) is 19.9. The van der Waals surface area contributed by atoms with E-state index in [-0.39, 0.29) is 0 Å². The van der Waals surface area contributed by atoms with Gasteiger partial charge in [-0.05, 0) is 110 Å². The van der Waals surface area contributed by atoms with Gasteiger partial charge in [-0.3, -0.25) is 0 Å². The molecule has 2 heteroatoms. The van der Waals surface area contributed by atoms with Crippen molar-refractivity contribution in [3.8, 4) is 39.1 Å². The molecule has 0 N–H and O–H groups in total. The van der Waals surface area contributed by atoms with Crippen molar-refractivity contribution in [2.45, 2.75) is 0 Å². The number of benzene rings is 10. The molecule has 0 aliphatic heterocycles. The van der Waals surface area contributed by atoms with Gasteiger partial charge in [0.15, 0.2) is 0 Å². The van der Waals surface area contributed by atoms with Crippen molar-refractivity contribution < 1.29 is 0 Å². The highest BCUT2D eigenvalue weighted by atomic mass is 15.1. The van der Waals surface area contributed by atoms with Crippen LogP contribution in [0.4, 0.5) is 17.1 Å². The topological polar surface area (TPSA) is 8.17 Å². The van der Waals surface area contributed by atoms with E-state index in [4.69, 9.17) is 0 Å². The van der Waals surface area contributed by atoms with Gasteiger partial charge in [0.25, 0.3) is 0 Å². The first kappa shape index (κ1) is 33.6. The third kappa shape index (κ3) is 5.82. The number of anilines is 3. The first-order valence-electron chi connectivity index (χ1n) is 19.9. The standard InChI is InChI=1S/C56H38N2/c1-2-12-39(13-3-1)41-24-30-46(31-25-41)57(56-37-36-49(50-16-6-7-17-51(50)56)45-23-22-40-14-4-5-15-44(40)38-45)47-32-26-42(27-33-47)43-28-34-48(35-29-43)58-54-20-10-8-18-52(54)53-19-9-11-21-55(53)58/h1-38H. The van der Waals surface area contributed by atoms with Gasteiger partial charge in [-0.1, -0.05) is 170 Å². The molecule has 0 spiro atoms. The maximum absolute atomic E-state index is 2.40. The summed E-state index contributed by atoms with van der Waals surface area (Å²) in [6, 6.07) is 83.6. The fourth-order valence-corrected chi connectivity index (χ4v) is 8.75. The molecule has 0 radical (unpaired) electrons. The number of aromatic nitrogens is 1. The summed E-state index contributed by atoms with van der Waals surface area (Å²) in [4.78, 5) is 2.40. The average molecular weight is 739 g/mol. The Morgan fingerprint density at radius 1 is 0.293 bits per heavy atom. The summed E-state index contributed by atoms with van der Waals surface area (Å²) in [5.74, 6) is 0. The van der Waals surface area contributed by atoms with Gasteiger partial charge in [-0.25, -0.2) is 0 Å². The molecule has 0 unspecified atom stereocenters. The lowest BCUT2D eigenvalue weighted by Gasteiger charge is -2.28. The van der Waals surface area contributed by atoms with E-state index in [1.54, 1.807) is 0 Å². The van der Waals surface area contributed by atoms with Crippen LogP contribution in [0.5, 0.6) is 0 Å². The van der Waals surface area contributed by atoms with Gasteiger partial charge in [-0.2, -0.15) is 0 Å². The highest BCUT2D eigenvalue weighted by Crippen LogP contribution is 2.43. The van der Waals surface area contributed by atoms with Crippen LogP contribution in [0.1, 0.15) is 0 Å². The van der Waals surface area contributed by atoms with E-state index in [0.29, 0.717) is 0 Å². The van der Waals surface area contributed by atoms with Gasteiger partial charge in [-0.15, -0.1) is 0 Å². The zero-order valence-corrected chi connectivity index (χ0v) is 31.8. The zero-order valence-electron chi connectivity index (χ0n) is 31.8. The third-order valence-electron chi connectivity index (χ3n) is 11.6. The monoisotopic (exact) mass is 738 g/mol. The fourth-order valence-electron chi connectivity index (χ4n) is 8.75. The maximum Gasteiger partial charge on any atom is 0.0541 e. The number of hydrogen-bond donors (Lipinski definition) is 0. The molecule has 58 heavy (non-hydrogen) atoms. The van der Waals surface area contributed by atoms with Gasteiger partial charge >= 0.3 is 0 Å². The Labute approximate surface area is 338 Å². The lowest BCUT2D eigenvalue weighted by Crippen LogP contribution is -2.10. The van der Waals surface area contributed by atoms with Crippen LogP contribution in [0.3, 0.4) is 0 Å². The zero-order chi connectivity index (χ0) is 38.4. The van der Waals surface area contributed by atoms with Crippen molar-refractivity contribution in [3.63, 3.8) is 0 Å². The van der Waals surface area contributed by atoms with Crippen LogP contribution in [-0.2, 0) is 0 Å². The summed E-state index contributed by atoms with van der Waals surface area (Å²) in [5.41, 5.74) is 14.1. The van der Waals surface area contributed by atoms with E-state index >= 15 is 0 Å². The molecule has 272 valence electrons. The Morgan fingerprint density at radius 2 is 0.759 bits per heavy atom. The van der Waals surface area contributed by atoms with Crippen LogP contribution < -0.4 is 4.90 Å². The molecule has 0 saturated heterocycles. The average Bonchev–Trinajstić information content (AvgIpc) is 3.64. The lowest BCUT2D eigenvalue weighted by molar-refractivity contribution is 1.18. The van der Waals surface area contributed by atoms with Gasteiger partial charge < -0.3 is 9.47 Å². The van der Waals surface area contributed by atoms with E-state index in [0.717, 1.165) is 22.7 Å². The van der Waals surface area contributed by atoms with Crippen LogP contribution >= 0.6 is 0 Å². The molecule has 0 amide bonds. The van der Waals surface area contributed by atoms with Crippen molar-refractivity contribution in [3.05, 3.63) is 231 Å². The lowest BCUT2D eigenvalue weighted by atomic mass is 9.94. The largest absolute Gasteiger partial charge is 0.310 e. The number of hydrogen-bond acceptors (Lipinski definition) is 1. The molecular weight excluding hydrogens is 701 g/mol. The minimum Gasteiger partial charge on any atom is -0.310 e. The molecule has 1 heterocycles. The SMILES string of the molecule is c1ccc(-c2ccc(N(c3ccc(-c4ccc(-n5c6ccccc6c6ccccc65)cc4)cc3)c3ccc(-c4ccc5ccccc5c4)c4ccccc34)cc2)cc1. The summed E-state index contributed by atoms with van der Waals surface area (Å²) in [6.07, 6.45) is 0. The number of para-hydroxylation sites is 2. The Bertz CT molecular complexity index is 3200. The summed E-state index contributed by atoms with van der Waals surface area (Å²) >= 11 is 0. The molecule has 2 nitrogen and oxygen atoms in total. The molecule has 11 rings (SSSR count). The molecule has 1 aromatic heterocycles. The second-order valence-electron chi connectivity index (χ2n) is 15.0. The Hall–Kier alpha value is -7.68. The minimum absolute atomic E-state index is 1.10. The van der Waals surface area contributed by atoms with Crippen molar-refractivity contribution >= 4 is 60.4 Å². The second kappa shape index (κ2) is 14.1. The van der Waals surface area contributed by atoms with Crippen LogP contribution in [-0.4, -0.2) is 4.57 Å². The molecule has 0 aliphatic carbocycles. The molecule has 0 saturated carbocycles. The summed E-state index contributed by atoms with van der Waals surface area (Å²) < 4.78 is 2.37.